The van der Waals surface area contributed by atoms with Crippen LogP contribution in [0.4, 0.5) is 23.1 Å². The van der Waals surface area contributed by atoms with Gasteiger partial charge in [-0.25, -0.2) is 24.4 Å². The highest BCUT2D eigenvalue weighted by molar-refractivity contribution is 7.89. The first-order valence-corrected chi connectivity index (χ1v) is 11.2. The average molecular weight is 434 g/mol. The number of carbonyl (C=O) groups excluding carboxylic acids is 1. The number of rotatable bonds is 7. The number of sulfonamides is 1. The first kappa shape index (κ1) is 21.9. The Labute approximate surface area is 176 Å². The molecule has 0 unspecified atom stereocenters. The molecule has 0 amide bonds. The Bertz CT molecular complexity index is 1000. The van der Waals surface area contributed by atoms with Gasteiger partial charge in [0.15, 0.2) is 5.82 Å². The molecule has 1 aliphatic rings. The van der Waals surface area contributed by atoms with Gasteiger partial charge >= 0.3 is 0 Å². The van der Waals surface area contributed by atoms with E-state index in [9.17, 15) is 13.2 Å². The summed E-state index contributed by atoms with van der Waals surface area (Å²) in [5.74, 6) is 6.80. The lowest BCUT2D eigenvalue weighted by Gasteiger charge is -2.42. The van der Waals surface area contributed by atoms with E-state index in [1.54, 1.807) is 25.4 Å². The zero-order valence-corrected chi connectivity index (χ0v) is 17.9. The molecule has 1 heterocycles. The van der Waals surface area contributed by atoms with Crippen molar-refractivity contribution in [2.45, 2.75) is 42.5 Å². The zero-order chi connectivity index (χ0) is 21.9. The maximum atomic E-state index is 12.1. The molecular weight excluding hydrogens is 406 g/mol. The van der Waals surface area contributed by atoms with E-state index in [0.29, 0.717) is 23.1 Å². The summed E-state index contributed by atoms with van der Waals surface area (Å²) in [4.78, 5) is 22.9. The maximum Gasteiger partial charge on any atom is 0.238 e. The van der Waals surface area contributed by atoms with Gasteiger partial charge in [0.25, 0.3) is 0 Å². The average Bonchev–Trinajstić information content (AvgIpc) is 2.73. The number of hydrogen-bond donors (Lipinski definition) is 3. The number of anilines is 4. The highest BCUT2D eigenvalue weighted by Crippen LogP contribution is 2.37. The molecule has 0 radical (unpaired) electrons. The molecule has 1 aliphatic carbocycles. The molecule has 3 rings (SSSR count). The molecule has 1 fully saturated rings. The van der Waals surface area contributed by atoms with Crippen molar-refractivity contribution < 1.29 is 13.2 Å². The van der Waals surface area contributed by atoms with Crippen LogP contribution in [0, 0.1) is 0 Å². The number of nitrogens with zero attached hydrogens (tertiary/aromatic N) is 4. The zero-order valence-electron chi connectivity index (χ0n) is 17.1. The third kappa shape index (κ3) is 4.53. The molecule has 0 bridgehead atoms. The van der Waals surface area contributed by atoms with Crippen LogP contribution in [-0.4, -0.2) is 44.3 Å². The van der Waals surface area contributed by atoms with Crippen molar-refractivity contribution in [2.75, 3.05) is 29.3 Å². The van der Waals surface area contributed by atoms with Gasteiger partial charge in [-0.05, 0) is 37.1 Å². The fraction of sp³-hybridized carbons (Fsp3) is 0.421. The van der Waals surface area contributed by atoms with E-state index in [1.165, 1.54) is 17.1 Å². The van der Waals surface area contributed by atoms with Crippen LogP contribution in [0.5, 0.6) is 0 Å². The molecule has 1 aromatic carbocycles. The Morgan fingerprint density at radius 3 is 2.30 bits per heavy atom. The lowest BCUT2D eigenvalue weighted by atomic mass is 9.81. The lowest BCUT2D eigenvalue weighted by Crippen LogP contribution is -2.50. The summed E-state index contributed by atoms with van der Waals surface area (Å²) in [5.41, 5.74) is 0.540. The summed E-state index contributed by atoms with van der Waals surface area (Å²) in [6.45, 7) is 0. The maximum absolute atomic E-state index is 12.1. The third-order valence-electron chi connectivity index (χ3n) is 5.49. The van der Waals surface area contributed by atoms with Crippen molar-refractivity contribution in [3.05, 3.63) is 30.5 Å². The van der Waals surface area contributed by atoms with Crippen molar-refractivity contribution in [2.24, 2.45) is 11.0 Å². The molecule has 2 aromatic rings. The van der Waals surface area contributed by atoms with Gasteiger partial charge in [0.05, 0.1) is 16.6 Å². The second-order valence-electron chi connectivity index (χ2n) is 7.55. The standard InChI is InChI=1S/C19H27N7O3S/c1-25(19(13-27)10-4-3-5-11-19)17-16(26(2)20)12-22-18(24-17)23-14-6-8-15(9-7-14)30(21,28)29/h6-9,12-13H,3-5,10-11,20H2,1-2H3,(H2,21,28,29)(H,22,23,24). The second-order valence-corrected chi connectivity index (χ2v) is 9.11. The van der Waals surface area contributed by atoms with Crippen molar-refractivity contribution in [1.82, 2.24) is 9.97 Å². The molecule has 0 aliphatic heterocycles. The van der Waals surface area contributed by atoms with E-state index in [-0.39, 0.29) is 4.90 Å². The van der Waals surface area contributed by atoms with Crippen molar-refractivity contribution in [3.8, 4) is 0 Å². The summed E-state index contributed by atoms with van der Waals surface area (Å²) >= 11 is 0. The van der Waals surface area contributed by atoms with Gasteiger partial charge in [0.1, 0.15) is 12.0 Å². The summed E-state index contributed by atoms with van der Waals surface area (Å²) in [6.07, 6.45) is 7.16. The molecule has 0 saturated heterocycles. The first-order valence-electron chi connectivity index (χ1n) is 9.62. The van der Waals surface area contributed by atoms with Crippen molar-refractivity contribution >= 4 is 39.5 Å². The van der Waals surface area contributed by atoms with Crippen LogP contribution < -0.4 is 26.2 Å². The van der Waals surface area contributed by atoms with Crippen LogP contribution in [0.2, 0.25) is 0 Å². The Morgan fingerprint density at radius 2 is 1.77 bits per heavy atom. The number of hydrogen-bond acceptors (Lipinski definition) is 9. The fourth-order valence-electron chi connectivity index (χ4n) is 3.69. The summed E-state index contributed by atoms with van der Waals surface area (Å²) in [5, 5.41) is 9.59. The van der Waals surface area contributed by atoms with Crippen LogP contribution in [0.3, 0.4) is 0 Å². The van der Waals surface area contributed by atoms with Crippen LogP contribution in [0.15, 0.2) is 35.4 Å². The first-order chi connectivity index (χ1) is 14.2. The number of hydrazine groups is 1. The predicted octanol–water partition coefficient (Wildman–Crippen LogP) is 1.52. The topological polar surface area (TPSA) is 148 Å². The number of carbonyl (C=O) groups is 1. The smallest absolute Gasteiger partial charge is 0.238 e. The molecule has 162 valence electrons. The fourth-order valence-corrected chi connectivity index (χ4v) is 4.20. The summed E-state index contributed by atoms with van der Waals surface area (Å²) in [7, 11) is -0.235. The van der Waals surface area contributed by atoms with Crippen LogP contribution in [0.25, 0.3) is 0 Å². The number of primary sulfonamides is 1. The highest BCUT2D eigenvalue weighted by Gasteiger charge is 2.38. The van der Waals surface area contributed by atoms with Gasteiger partial charge in [-0.2, -0.15) is 4.98 Å². The number of nitrogens with one attached hydrogen (secondary N) is 1. The predicted molar refractivity (Wildman–Crippen MR) is 116 cm³/mol. The van der Waals surface area contributed by atoms with Gasteiger partial charge in [0.2, 0.25) is 16.0 Å². The lowest BCUT2D eigenvalue weighted by molar-refractivity contribution is -0.113. The number of aldehydes is 1. The van der Waals surface area contributed by atoms with Gasteiger partial charge in [0, 0.05) is 19.8 Å². The minimum Gasteiger partial charge on any atom is -0.345 e. The van der Waals surface area contributed by atoms with Crippen molar-refractivity contribution in [1.29, 1.82) is 0 Å². The summed E-state index contributed by atoms with van der Waals surface area (Å²) in [6, 6.07) is 5.94. The number of likely N-dealkylation sites (N-methyl/N-ethyl adjacent to an activating group) is 1. The summed E-state index contributed by atoms with van der Waals surface area (Å²) < 4.78 is 22.8. The molecule has 0 atom stereocenters. The monoisotopic (exact) mass is 433 g/mol. The largest absolute Gasteiger partial charge is 0.345 e. The van der Waals surface area contributed by atoms with E-state index in [0.717, 1.165) is 38.4 Å². The second kappa shape index (κ2) is 8.54. The van der Waals surface area contributed by atoms with E-state index in [2.05, 4.69) is 15.3 Å². The molecule has 10 nitrogen and oxygen atoms in total. The van der Waals surface area contributed by atoms with Gasteiger partial charge in [-0.3, -0.25) is 0 Å². The molecule has 1 saturated carbocycles. The Hall–Kier alpha value is -2.76. The van der Waals surface area contributed by atoms with E-state index < -0.39 is 15.6 Å². The number of nitrogens with two attached hydrogens (primary N) is 2. The van der Waals surface area contributed by atoms with Crippen molar-refractivity contribution in [3.63, 3.8) is 0 Å². The van der Waals surface area contributed by atoms with Crippen LogP contribution in [-0.2, 0) is 14.8 Å². The van der Waals surface area contributed by atoms with Crippen LogP contribution in [0.1, 0.15) is 32.1 Å². The quantitative estimate of drug-likeness (QED) is 0.336. The van der Waals surface area contributed by atoms with Gasteiger partial charge < -0.3 is 20.0 Å². The number of aromatic nitrogens is 2. The molecule has 0 spiro atoms. The minimum atomic E-state index is -3.77. The molecular formula is C19H27N7O3S. The van der Waals surface area contributed by atoms with E-state index >= 15 is 0 Å². The van der Waals surface area contributed by atoms with Gasteiger partial charge in [-0.15, -0.1) is 0 Å². The van der Waals surface area contributed by atoms with Crippen LogP contribution >= 0.6 is 0 Å². The Kier molecular flexibility index (Phi) is 6.25. The van der Waals surface area contributed by atoms with E-state index in [1.807, 2.05) is 11.9 Å². The molecule has 1 aromatic heterocycles. The van der Waals surface area contributed by atoms with E-state index in [4.69, 9.17) is 11.0 Å². The normalized spacial score (nSPS) is 16.0. The molecule has 5 N–H and O–H groups in total. The minimum absolute atomic E-state index is 0.0136. The molecule has 30 heavy (non-hydrogen) atoms. The Morgan fingerprint density at radius 1 is 1.13 bits per heavy atom. The molecule has 11 heteroatoms. The third-order valence-corrected chi connectivity index (χ3v) is 6.42. The SMILES string of the molecule is CN(N)c1cnc(Nc2ccc(S(N)(=O)=O)cc2)nc1N(C)C1(C=O)CCCCC1. The number of benzene rings is 1. The Balaban J connectivity index is 1.93. The highest BCUT2D eigenvalue weighted by atomic mass is 32.2. The van der Waals surface area contributed by atoms with Gasteiger partial charge in [-0.1, -0.05) is 19.3 Å².